The average molecular weight is 504 g/mol. The van der Waals surface area contributed by atoms with E-state index >= 15 is 4.39 Å². The summed E-state index contributed by atoms with van der Waals surface area (Å²) in [6, 6.07) is 5.65. The number of carbonyl (C=O) groups is 1. The maximum Gasteiger partial charge on any atom is 0.276 e. The van der Waals surface area contributed by atoms with Gasteiger partial charge in [0, 0.05) is 12.7 Å². The van der Waals surface area contributed by atoms with Crippen molar-refractivity contribution in [2.75, 3.05) is 11.9 Å². The van der Waals surface area contributed by atoms with Crippen LogP contribution < -0.4 is 11.1 Å². The smallest absolute Gasteiger partial charge is 0.276 e. The number of carbonyl (C=O) groups excluding carboxylic acids is 1. The predicted octanol–water partition coefficient (Wildman–Crippen LogP) is 3.39. The van der Waals surface area contributed by atoms with Crippen molar-refractivity contribution in [3.63, 3.8) is 0 Å². The van der Waals surface area contributed by atoms with Crippen molar-refractivity contribution in [2.24, 2.45) is 15.1 Å². The number of amides is 1. The third kappa shape index (κ3) is 3.61. The third-order valence-corrected chi connectivity index (χ3v) is 10.4. The summed E-state index contributed by atoms with van der Waals surface area (Å²) in [7, 11) is -2.90. The third-order valence-electron chi connectivity index (χ3n) is 6.37. The number of hydrogen-bond acceptors (Lipinski definition) is 8. The van der Waals surface area contributed by atoms with E-state index < -0.39 is 37.0 Å². The van der Waals surface area contributed by atoms with Gasteiger partial charge in [-0.3, -0.25) is 9.79 Å². The van der Waals surface area contributed by atoms with Gasteiger partial charge in [-0.25, -0.2) is 22.9 Å². The van der Waals surface area contributed by atoms with Gasteiger partial charge < -0.3 is 11.1 Å². The van der Waals surface area contributed by atoms with Crippen molar-refractivity contribution in [2.45, 2.75) is 49.1 Å². The molecule has 0 unspecified atom stereocenters. The molecule has 2 aliphatic heterocycles. The van der Waals surface area contributed by atoms with Crippen LogP contribution in [0.15, 0.2) is 33.8 Å². The number of halogens is 2. The summed E-state index contributed by atoms with van der Waals surface area (Å²) in [5.41, 5.74) is 4.90. The minimum Gasteiger partial charge on any atom is -0.386 e. The Hall–Kier alpha value is -3.10. The molecule has 12 heteroatoms. The van der Waals surface area contributed by atoms with E-state index in [2.05, 4.69) is 24.6 Å². The number of pyridine rings is 2. The first-order valence-corrected chi connectivity index (χ1v) is 12.5. The number of aliphatic imine (C=N–C) groups is 1. The minimum atomic E-state index is -2.90. The van der Waals surface area contributed by atoms with E-state index in [4.69, 9.17) is 22.6 Å². The van der Waals surface area contributed by atoms with E-state index in [9.17, 15) is 9.00 Å². The molecule has 0 spiro atoms. The van der Waals surface area contributed by atoms with Crippen LogP contribution in [0.3, 0.4) is 0 Å². The Morgan fingerprint density at radius 3 is 2.79 bits per heavy atom. The number of nitriles is 1. The van der Waals surface area contributed by atoms with E-state index in [0.717, 1.165) is 6.07 Å². The van der Waals surface area contributed by atoms with E-state index in [-0.39, 0.29) is 33.6 Å². The van der Waals surface area contributed by atoms with Gasteiger partial charge in [0.1, 0.15) is 45.2 Å². The highest BCUT2D eigenvalue weighted by Crippen LogP contribution is 2.46. The highest BCUT2D eigenvalue weighted by atomic mass is 35.5. The first-order chi connectivity index (χ1) is 15.9. The standard InChI is InChI=1S/C22H23ClFN7O2S/c1-21(2)20(26)31-22(3,15-5-4-8-28-34(15,21)33)18-14(24)6-7-16(29-18)30-19(32)17-13(23)9-12(10-25)11-27-17/h6-7,9,11,15H,4-5,8H2,1-3H3,(H2,26,31)(H,29,30,32)/t15-,22-,34+/m0/s1. The minimum absolute atomic E-state index is 0.0127. The molecular formula is C22H23ClFN7O2S. The number of rotatable bonds is 3. The number of nitrogens with one attached hydrogen (secondary N) is 1. The lowest BCUT2D eigenvalue weighted by Crippen LogP contribution is -2.60. The van der Waals surface area contributed by atoms with E-state index in [1.807, 2.05) is 6.07 Å². The molecule has 2 aliphatic rings. The maximum absolute atomic E-state index is 15.1. The number of aromatic nitrogens is 2. The number of amidine groups is 1. The zero-order chi connectivity index (χ0) is 24.9. The summed E-state index contributed by atoms with van der Waals surface area (Å²) in [4.78, 5) is 25.6. The van der Waals surface area contributed by atoms with Gasteiger partial charge in [0.15, 0.2) is 0 Å². The van der Waals surface area contributed by atoms with Crippen molar-refractivity contribution in [3.05, 3.63) is 52.2 Å². The fourth-order valence-corrected chi connectivity index (χ4v) is 7.84. The molecule has 2 aromatic heterocycles. The van der Waals surface area contributed by atoms with E-state index in [0.29, 0.717) is 19.4 Å². The highest BCUT2D eigenvalue weighted by Gasteiger charge is 2.56. The predicted molar refractivity (Wildman–Crippen MR) is 128 cm³/mol. The molecule has 3 N–H and O–H groups in total. The number of anilines is 1. The molecule has 4 rings (SSSR count). The van der Waals surface area contributed by atoms with Gasteiger partial charge in [0.25, 0.3) is 5.91 Å². The van der Waals surface area contributed by atoms with Gasteiger partial charge in [-0.2, -0.15) is 5.26 Å². The zero-order valence-electron chi connectivity index (χ0n) is 18.8. The second kappa shape index (κ2) is 8.29. The Kier molecular flexibility index (Phi) is 5.86. The summed E-state index contributed by atoms with van der Waals surface area (Å²) < 4.78 is 32.7. The van der Waals surface area contributed by atoms with Crippen LogP contribution in [0.25, 0.3) is 0 Å². The Morgan fingerprint density at radius 2 is 2.12 bits per heavy atom. The van der Waals surface area contributed by atoms with Crippen LogP contribution in [0.5, 0.6) is 0 Å². The van der Waals surface area contributed by atoms with Gasteiger partial charge in [-0.1, -0.05) is 11.6 Å². The highest BCUT2D eigenvalue weighted by molar-refractivity contribution is 7.96. The monoisotopic (exact) mass is 503 g/mol. The SMILES string of the molecule is CC1(C)C(N)=N[C@](C)(c2nc(NC(=O)c3ncc(C#N)cc3Cl)ccc2F)[C@@H]2CCCN=[S@@]21=O. The molecule has 2 aromatic rings. The molecule has 3 atom stereocenters. The second-order valence-corrected chi connectivity index (χ2v) is 12.2. The van der Waals surface area contributed by atoms with Crippen molar-refractivity contribution in [1.29, 1.82) is 5.26 Å². The molecule has 0 saturated heterocycles. The molecule has 178 valence electrons. The molecule has 0 bridgehead atoms. The fraction of sp³-hybridized carbons (Fsp3) is 0.409. The van der Waals surface area contributed by atoms with Gasteiger partial charge in [-0.05, 0) is 51.8 Å². The van der Waals surface area contributed by atoms with Crippen LogP contribution in [-0.4, -0.2) is 42.5 Å². The van der Waals surface area contributed by atoms with Crippen LogP contribution in [0.1, 0.15) is 55.4 Å². The molecule has 0 radical (unpaired) electrons. The van der Waals surface area contributed by atoms with Crippen molar-refractivity contribution in [3.8, 4) is 6.07 Å². The molecule has 34 heavy (non-hydrogen) atoms. The Morgan fingerprint density at radius 1 is 1.38 bits per heavy atom. The zero-order valence-corrected chi connectivity index (χ0v) is 20.4. The topological polar surface area (TPSA) is 146 Å². The number of hydrogen-bond donors (Lipinski definition) is 2. The maximum atomic E-state index is 15.1. The fourth-order valence-electron chi connectivity index (χ4n) is 4.36. The lowest BCUT2D eigenvalue weighted by molar-refractivity contribution is 0.102. The van der Waals surface area contributed by atoms with E-state index in [1.165, 1.54) is 18.3 Å². The van der Waals surface area contributed by atoms with Crippen molar-refractivity contribution >= 4 is 38.9 Å². The summed E-state index contributed by atoms with van der Waals surface area (Å²) >= 11 is 6.08. The van der Waals surface area contributed by atoms with Crippen molar-refractivity contribution in [1.82, 2.24) is 9.97 Å². The first-order valence-electron chi connectivity index (χ1n) is 10.5. The summed E-state index contributed by atoms with van der Waals surface area (Å²) in [5.74, 6) is -1.21. The largest absolute Gasteiger partial charge is 0.386 e. The van der Waals surface area contributed by atoms with Crippen LogP contribution in [-0.2, 0) is 15.3 Å². The molecule has 4 heterocycles. The number of nitrogens with two attached hydrogens (primary N) is 1. The molecule has 0 aromatic carbocycles. The quantitative estimate of drug-likeness (QED) is 0.656. The van der Waals surface area contributed by atoms with Crippen molar-refractivity contribution < 1.29 is 13.4 Å². The van der Waals surface area contributed by atoms with Gasteiger partial charge in [-0.15, -0.1) is 0 Å². The molecule has 9 nitrogen and oxygen atoms in total. The normalized spacial score (nSPS) is 27.5. The van der Waals surface area contributed by atoms with Gasteiger partial charge >= 0.3 is 0 Å². The summed E-state index contributed by atoms with van der Waals surface area (Å²) in [5, 5.41) is 10.9. The van der Waals surface area contributed by atoms with Gasteiger partial charge in [0.05, 0.1) is 25.6 Å². The van der Waals surface area contributed by atoms with Crippen LogP contribution in [0.2, 0.25) is 5.02 Å². The molecular weight excluding hydrogens is 481 g/mol. The Bertz CT molecular complexity index is 1390. The molecule has 1 amide bonds. The molecule has 0 aliphatic carbocycles. The Labute approximate surface area is 201 Å². The Balaban J connectivity index is 1.77. The van der Waals surface area contributed by atoms with Crippen LogP contribution in [0.4, 0.5) is 10.2 Å². The van der Waals surface area contributed by atoms with E-state index in [1.54, 1.807) is 20.8 Å². The average Bonchev–Trinajstić information content (AvgIpc) is 2.79. The lowest BCUT2D eigenvalue weighted by Gasteiger charge is -2.47. The number of fused-ring (bicyclic) bond motifs is 1. The van der Waals surface area contributed by atoms with Gasteiger partial charge in [0.2, 0.25) is 0 Å². The number of nitrogens with zero attached hydrogens (tertiary/aromatic N) is 5. The summed E-state index contributed by atoms with van der Waals surface area (Å²) in [6.45, 7) is 5.57. The summed E-state index contributed by atoms with van der Waals surface area (Å²) in [6.07, 6.45) is 2.42. The second-order valence-electron chi connectivity index (χ2n) is 8.85. The lowest BCUT2D eigenvalue weighted by atomic mass is 9.89. The molecule has 0 fully saturated rings. The van der Waals surface area contributed by atoms with Crippen LogP contribution in [0, 0.1) is 17.1 Å². The van der Waals surface area contributed by atoms with Crippen LogP contribution >= 0.6 is 11.6 Å². The molecule has 0 saturated carbocycles. The first kappa shape index (κ1) is 24.0.